The second-order valence-electron chi connectivity index (χ2n) is 5.45. The molecular weight excluding hydrogens is 431 g/mol. The molecule has 1 unspecified atom stereocenters. The number of para-hydroxylation sites is 3. The van der Waals surface area contributed by atoms with Crippen molar-refractivity contribution in [2.45, 2.75) is 20.8 Å². The Morgan fingerprint density at radius 2 is 0.875 bits per heavy atom. The Kier molecular flexibility index (Phi) is 24.5. The predicted octanol–water partition coefficient (Wildman–Crippen LogP) is 4.63. The van der Waals surface area contributed by atoms with E-state index in [1.165, 1.54) is 6.92 Å². The Morgan fingerprint density at radius 1 is 0.656 bits per heavy atom. The highest BCUT2D eigenvalue weighted by molar-refractivity contribution is 6.92. The van der Waals surface area contributed by atoms with E-state index in [0.29, 0.717) is 23.9 Å². The molecule has 3 aromatic carbocycles. The highest BCUT2D eigenvalue weighted by Gasteiger charge is 1.81. The van der Waals surface area contributed by atoms with Crippen LogP contribution in [0.1, 0.15) is 20.8 Å². The Labute approximate surface area is 192 Å². The largest absolute Gasteiger partial charge is 0.508 e. The first-order valence-electron chi connectivity index (χ1n) is 9.23. The third-order valence-electron chi connectivity index (χ3n) is 2.62. The number of ether oxygens (including phenoxy) is 1. The van der Waals surface area contributed by atoms with Gasteiger partial charge < -0.3 is 25.2 Å². The number of carboxylic acid groups (broad SMARTS) is 1. The third-order valence-corrected chi connectivity index (χ3v) is 2.62. The number of carbonyl (C=O) groups is 2. The highest BCUT2D eigenvalue weighted by atomic mass is 31.0. The molecule has 7 nitrogen and oxygen atoms in total. The lowest BCUT2D eigenvalue weighted by atomic mass is 10.3. The van der Waals surface area contributed by atoms with Crippen LogP contribution in [0.4, 0.5) is 0 Å². The molecule has 0 fully saturated rings. The lowest BCUT2D eigenvalue weighted by Crippen LogP contribution is -1.95. The molecule has 4 N–H and O–H groups in total. The van der Waals surface area contributed by atoms with Crippen molar-refractivity contribution in [2.75, 3.05) is 6.61 Å². The Hall–Kier alpha value is -3.57. The Balaban J connectivity index is -0.000000330. The fourth-order valence-corrected chi connectivity index (χ4v) is 1.49. The van der Waals surface area contributed by atoms with E-state index in [1.807, 2.05) is 18.2 Å². The second-order valence-corrected chi connectivity index (χ2v) is 5.45. The first-order valence-corrected chi connectivity index (χ1v) is 9.23. The van der Waals surface area contributed by atoms with Crippen LogP contribution < -0.4 is 0 Å². The van der Waals surface area contributed by atoms with Gasteiger partial charge in [0.2, 0.25) is 0 Å². The quantitative estimate of drug-likeness (QED) is 0.305. The summed E-state index contributed by atoms with van der Waals surface area (Å²) < 4.78 is 4.40. The predicted molar refractivity (Wildman–Crippen MR) is 132 cm³/mol. The second kappa shape index (κ2) is 23.7. The summed E-state index contributed by atoms with van der Waals surface area (Å²) in [6, 6.07) is 26.1. The van der Waals surface area contributed by atoms with Gasteiger partial charge >= 0.3 is 5.97 Å². The van der Waals surface area contributed by atoms with Crippen LogP contribution in [-0.4, -0.2) is 39.0 Å². The smallest absolute Gasteiger partial charge is 0.302 e. The molecule has 0 amide bonds. The number of rotatable bonds is 1. The number of hydrogen-bond acceptors (Lipinski definition) is 6. The number of aromatic hydroxyl groups is 3. The number of benzene rings is 3. The summed E-state index contributed by atoms with van der Waals surface area (Å²) in [5.41, 5.74) is 0. The van der Waals surface area contributed by atoms with Gasteiger partial charge in [-0.2, -0.15) is 0 Å². The minimum absolute atomic E-state index is 0. The number of hydrogen-bond donors (Lipinski definition) is 4. The van der Waals surface area contributed by atoms with Crippen LogP contribution in [0.5, 0.6) is 17.2 Å². The van der Waals surface area contributed by atoms with Crippen LogP contribution in [0.3, 0.4) is 0 Å². The van der Waals surface area contributed by atoms with E-state index < -0.39 is 5.97 Å². The Morgan fingerprint density at radius 3 is 0.938 bits per heavy atom. The van der Waals surface area contributed by atoms with Gasteiger partial charge in [0.25, 0.3) is 5.97 Å². The summed E-state index contributed by atoms with van der Waals surface area (Å²) in [4.78, 5) is 18.8. The average molecular weight is 466 g/mol. The maximum atomic E-state index is 9.82. The summed E-state index contributed by atoms with van der Waals surface area (Å²) in [7, 11) is 0. The van der Waals surface area contributed by atoms with Gasteiger partial charge in [-0.25, -0.2) is 0 Å². The van der Waals surface area contributed by atoms with E-state index >= 15 is 0 Å². The molecule has 176 valence electrons. The van der Waals surface area contributed by atoms with E-state index in [9.17, 15) is 4.79 Å². The van der Waals surface area contributed by atoms with Gasteiger partial charge in [0.15, 0.2) is 0 Å². The van der Waals surface area contributed by atoms with Gasteiger partial charge in [-0.15, -0.1) is 0 Å². The molecule has 0 aliphatic carbocycles. The lowest BCUT2D eigenvalue weighted by molar-refractivity contribution is -0.140. The van der Waals surface area contributed by atoms with Crippen molar-refractivity contribution in [1.82, 2.24) is 0 Å². The number of carbonyl (C=O) groups excluding carboxylic acids is 1. The monoisotopic (exact) mass is 465 g/mol. The van der Waals surface area contributed by atoms with Gasteiger partial charge in [0, 0.05) is 13.8 Å². The fourth-order valence-electron chi connectivity index (χ4n) is 1.49. The molecule has 0 spiro atoms. The number of phenolic OH excluding ortho intramolecular Hbond substituents is 3. The molecule has 1 atom stereocenters. The number of phenols is 3. The minimum atomic E-state index is -0.833. The summed E-state index contributed by atoms with van der Waals surface area (Å²) >= 11 is 0. The molecule has 32 heavy (non-hydrogen) atoms. The van der Waals surface area contributed by atoms with Crippen molar-refractivity contribution < 1.29 is 34.8 Å². The number of carboxylic acids is 1. The molecule has 0 radical (unpaired) electrons. The zero-order chi connectivity index (χ0) is 23.9. The maximum absolute atomic E-state index is 9.82. The molecule has 0 heterocycles. The fraction of sp³-hybridized carbons (Fsp3) is 0.167. The molecule has 0 aromatic heterocycles. The first kappa shape index (κ1) is 33.1. The molecule has 0 aliphatic heterocycles. The zero-order valence-corrected chi connectivity index (χ0v) is 20.9. The van der Waals surface area contributed by atoms with Gasteiger partial charge in [-0.05, 0) is 53.2 Å². The number of aliphatic carboxylic acids is 1. The van der Waals surface area contributed by atoms with Gasteiger partial charge in [-0.3, -0.25) is 9.59 Å². The lowest BCUT2D eigenvalue weighted by Gasteiger charge is -1.89. The minimum Gasteiger partial charge on any atom is -0.508 e. The van der Waals surface area contributed by atoms with E-state index in [0.717, 1.165) is 6.92 Å². The summed E-state index contributed by atoms with van der Waals surface area (Å²) in [5.74, 6) is -0.0787. The van der Waals surface area contributed by atoms with Crippen LogP contribution in [0.25, 0.3) is 0 Å². The Bertz CT molecular complexity index is 705. The average Bonchev–Trinajstić information content (AvgIpc) is 2.71. The van der Waals surface area contributed by atoms with Crippen molar-refractivity contribution in [2.24, 2.45) is 0 Å². The van der Waals surface area contributed by atoms with Crippen LogP contribution in [0, 0.1) is 0 Å². The van der Waals surface area contributed by atoms with Crippen molar-refractivity contribution in [3.05, 3.63) is 91.0 Å². The maximum Gasteiger partial charge on any atom is 0.302 e. The molecule has 8 heteroatoms. The van der Waals surface area contributed by atoms with Crippen LogP contribution in [-0.2, 0) is 14.3 Å². The standard InChI is InChI=1S/3C6H6O.C4H8O2.C2H4O2.H3P/c3*7-6-4-2-1-3-5-6;1-3-6-4(2)5;1-2(3)4;/h3*1-5,7H;3H2,1-2H3;1H3,(H,3,4);1H3/p+1. The molecule has 0 saturated carbocycles. The van der Waals surface area contributed by atoms with E-state index in [1.54, 1.807) is 79.7 Å². The van der Waals surface area contributed by atoms with E-state index in [4.69, 9.17) is 25.2 Å². The molecule has 0 aliphatic rings. The molecular formula is C24H34O7P+. The van der Waals surface area contributed by atoms with Crippen molar-refractivity contribution >= 4 is 21.8 Å². The molecule has 3 aromatic rings. The van der Waals surface area contributed by atoms with E-state index in [2.05, 4.69) is 4.74 Å². The van der Waals surface area contributed by atoms with Crippen molar-refractivity contribution in [3.63, 3.8) is 0 Å². The SMILES string of the molecule is CC(=O)O.CCOC(C)=O.Oc1ccccc1.Oc1ccccc1.Oc1ccccc1.[PH4+]. The topological polar surface area (TPSA) is 124 Å². The van der Waals surface area contributed by atoms with Gasteiger partial charge in [0.05, 0.1) is 6.61 Å². The van der Waals surface area contributed by atoms with Crippen LogP contribution in [0.2, 0.25) is 0 Å². The normalized spacial score (nSPS) is 7.84. The van der Waals surface area contributed by atoms with Gasteiger partial charge in [0.1, 0.15) is 17.2 Å². The van der Waals surface area contributed by atoms with E-state index in [-0.39, 0.29) is 15.9 Å². The van der Waals surface area contributed by atoms with Crippen molar-refractivity contribution in [1.29, 1.82) is 0 Å². The molecule has 0 bridgehead atoms. The third kappa shape index (κ3) is 31.1. The zero-order valence-electron chi connectivity index (χ0n) is 18.9. The summed E-state index contributed by atoms with van der Waals surface area (Å²) in [6.07, 6.45) is 0. The van der Waals surface area contributed by atoms with Crippen LogP contribution >= 0.6 is 9.90 Å². The molecule has 0 saturated heterocycles. The van der Waals surface area contributed by atoms with Gasteiger partial charge in [-0.1, -0.05) is 54.6 Å². The summed E-state index contributed by atoms with van der Waals surface area (Å²) in [6.45, 7) is 4.74. The highest BCUT2D eigenvalue weighted by Crippen LogP contribution is 2.04. The van der Waals surface area contributed by atoms with Crippen molar-refractivity contribution in [3.8, 4) is 17.2 Å². The number of esters is 1. The van der Waals surface area contributed by atoms with Crippen LogP contribution in [0.15, 0.2) is 91.0 Å². The first-order chi connectivity index (χ1) is 14.7. The summed E-state index contributed by atoms with van der Waals surface area (Å²) in [5, 5.41) is 33.3. The molecule has 3 rings (SSSR count).